The van der Waals surface area contributed by atoms with E-state index >= 15 is 0 Å². The summed E-state index contributed by atoms with van der Waals surface area (Å²) in [7, 11) is 0. The molecule has 1 atom stereocenters. The highest BCUT2D eigenvalue weighted by atomic mass is 16.2. The maximum Gasteiger partial charge on any atom is 0.256 e. The predicted octanol–water partition coefficient (Wildman–Crippen LogP) is 0.0672. The Bertz CT molecular complexity index is 664. The first kappa shape index (κ1) is 12.7. The summed E-state index contributed by atoms with van der Waals surface area (Å²) in [4.78, 5) is 28.8. The summed E-state index contributed by atoms with van der Waals surface area (Å²) in [5, 5.41) is 3.94. The number of carbonyl (C=O) groups is 2. The van der Waals surface area contributed by atoms with E-state index < -0.39 is 11.9 Å². The number of fused-ring (bicyclic) bond motifs is 1. The van der Waals surface area contributed by atoms with Gasteiger partial charge in [0.05, 0.1) is 5.56 Å². The van der Waals surface area contributed by atoms with Gasteiger partial charge in [-0.25, -0.2) is 0 Å². The molecule has 2 heterocycles. The second-order valence-electron chi connectivity index (χ2n) is 4.87. The molecule has 0 spiro atoms. The highest BCUT2D eigenvalue weighted by Gasteiger charge is 2.32. The number of carbonyl (C=O) groups excluding carboxylic acids is 2. The third kappa shape index (κ3) is 2.04. The van der Waals surface area contributed by atoms with Crippen LogP contribution in [0.25, 0.3) is 10.9 Å². The Balaban J connectivity index is 1.96. The molecule has 1 aromatic heterocycles. The summed E-state index contributed by atoms with van der Waals surface area (Å²) in [5.41, 5.74) is 6.86. The number of para-hydroxylation sites is 1. The zero-order chi connectivity index (χ0) is 14.1. The summed E-state index contributed by atoms with van der Waals surface area (Å²) in [6, 6.07) is 7.00. The summed E-state index contributed by atoms with van der Waals surface area (Å²) in [6.07, 6.45) is 1.69. The lowest BCUT2D eigenvalue weighted by atomic mass is 10.1. The van der Waals surface area contributed by atoms with Crippen LogP contribution in [-0.2, 0) is 4.79 Å². The molecule has 2 aromatic rings. The Morgan fingerprint density at radius 1 is 1.30 bits per heavy atom. The summed E-state index contributed by atoms with van der Waals surface area (Å²) in [5.74, 6) is -0.641. The van der Waals surface area contributed by atoms with Crippen LogP contribution in [0.5, 0.6) is 0 Å². The van der Waals surface area contributed by atoms with E-state index in [0.29, 0.717) is 25.2 Å². The highest BCUT2D eigenvalue weighted by Crippen LogP contribution is 2.20. The summed E-state index contributed by atoms with van der Waals surface area (Å²) < 4.78 is 0. The number of benzene rings is 1. The zero-order valence-corrected chi connectivity index (χ0v) is 10.9. The van der Waals surface area contributed by atoms with E-state index in [2.05, 4.69) is 10.3 Å². The van der Waals surface area contributed by atoms with Crippen LogP contribution >= 0.6 is 0 Å². The molecule has 1 aliphatic rings. The molecule has 1 saturated heterocycles. The van der Waals surface area contributed by atoms with Crippen LogP contribution in [0.15, 0.2) is 30.5 Å². The van der Waals surface area contributed by atoms with Crippen molar-refractivity contribution in [3.63, 3.8) is 0 Å². The lowest BCUT2D eigenvalue weighted by molar-refractivity contribution is -0.122. The van der Waals surface area contributed by atoms with Crippen LogP contribution in [-0.4, -0.2) is 47.4 Å². The number of hydrogen-bond acceptors (Lipinski definition) is 3. The Labute approximate surface area is 115 Å². The fraction of sp³-hybridized carbons (Fsp3) is 0.286. The van der Waals surface area contributed by atoms with Crippen molar-refractivity contribution >= 4 is 22.7 Å². The van der Waals surface area contributed by atoms with Gasteiger partial charge in [0.25, 0.3) is 5.91 Å². The molecule has 2 amide bonds. The van der Waals surface area contributed by atoms with Crippen LogP contribution < -0.4 is 11.1 Å². The summed E-state index contributed by atoms with van der Waals surface area (Å²) >= 11 is 0. The largest absolute Gasteiger partial charge is 0.368 e. The van der Waals surface area contributed by atoms with Crippen LogP contribution in [0.3, 0.4) is 0 Å². The third-order valence-electron chi connectivity index (χ3n) is 3.65. The minimum atomic E-state index is -0.593. The van der Waals surface area contributed by atoms with Crippen LogP contribution in [0, 0.1) is 0 Å². The second-order valence-corrected chi connectivity index (χ2v) is 4.87. The van der Waals surface area contributed by atoms with E-state index in [9.17, 15) is 9.59 Å². The first-order valence-electron chi connectivity index (χ1n) is 6.55. The Morgan fingerprint density at radius 2 is 2.10 bits per heavy atom. The SMILES string of the molecule is NC(=O)C1CNCCN1C(=O)c1c[nH]c2ccccc12. The number of rotatable bonds is 2. The first-order chi connectivity index (χ1) is 9.68. The highest BCUT2D eigenvalue weighted by molar-refractivity contribution is 6.07. The fourth-order valence-corrected chi connectivity index (χ4v) is 2.60. The molecule has 1 fully saturated rings. The van der Waals surface area contributed by atoms with Crippen molar-refractivity contribution < 1.29 is 9.59 Å². The van der Waals surface area contributed by atoms with Gasteiger partial charge in [-0.1, -0.05) is 18.2 Å². The minimum Gasteiger partial charge on any atom is -0.368 e. The molecule has 20 heavy (non-hydrogen) atoms. The second kappa shape index (κ2) is 4.97. The van der Waals surface area contributed by atoms with Gasteiger partial charge in [0, 0.05) is 36.7 Å². The summed E-state index contributed by atoms with van der Waals surface area (Å²) in [6.45, 7) is 1.55. The number of nitrogens with two attached hydrogens (primary N) is 1. The van der Waals surface area contributed by atoms with E-state index in [1.807, 2.05) is 24.3 Å². The number of nitrogens with one attached hydrogen (secondary N) is 2. The number of amides is 2. The van der Waals surface area contributed by atoms with Crippen molar-refractivity contribution in [3.8, 4) is 0 Å². The third-order valence-corrected chi connectivity index (χ3v) is 3.65. The monoisotopic (exact) mass is 272 g/mol. The van der Waals surface area contributed by atoms with Gasteiger partial charge in [0.1, 0.15) is 6.04 Å². The average molecular weight is 272 g/mol. The normalized spacial score (nSPS) is 19.2. The van der Waals surface area contributed by atoms with Crippen molar-refractivity contribution in [3.05, 3.63) is 36.0 Å². The topological polar surface area (TPSA) is 91.2 Å². The van der Waals surface area contributed by atoms with Gasteiger partial charge in [-0.15, -0.1) is 0 Å². The first-order valence-corrected chi connectivity index (χ1v) is 6.55. The number of nitrogens with zero attached hydrogens (tertiary/aromatic N) is 1. The minimum absolute atomic E-state index is 0.159. The molecule has 0 bridgehead atoms. The molecule has 104 valence electrons. The average Bonchev–Trinajstić information content (AvgIpc) is 2.90. The molecule has 1 unspecified atom stereocenters. The number of aromatic nitrogens is 1. The molecule has 4 N–H and O–H groups in total. The van der Waals surface area contributed by atoms with E-state index in [1.165, 1.54) is 0 Å². The van der Waals surface area contributed by atoms with E-state index in [-0.39, 0.29) is 5.91 Å². The van der Waals surface area contributed by atoms with Crippen molar-refractivity contribution in [2.45, 2.75) is 6.04 Å². The number of hydrogen-bond donors (Lipinski definition) is 3. The quantitative estimate of drug-likeness (QED) is 0.722. The zero-order valence-electron chi connectivity index (χ0n) is 10.9. The Kier molecular flexibility index (Phi) is 3.15. The molecular weight excluding hydrogens is 256 g/mol. The van der Waals surface area contributed by atoms with Crippen LogP contribution in [0.1, 0.15) is 10.4 Å². The molecule has 3 rings (SSSR count). The van der Waals surface area contributed by atoms with Crippen LogP contribution in [0.4, 0.5) is 0 Å². The van der Waals surface area contributed by atoms with Crippen molar-refractivity contribution in [1.29, 1.82) is 0 Å². The molecule has 0 saturated carbocycles. The molecule has 6 nitrogen and oxygen atoms in total. The fourth-order valence-electron chi connectivity index (χ4n) is 2.60. The van der Waals surface area contributed by atoms with E-state index in [4.69, 9.17) is 5.73 Å². The lowest BCUT2D eigenvalue weighted by Gasteiger charge is -2.34. The van der Waals surface area contributed by atoms with Gasteiger partial charge in [-0.05, 0) is 6.07 Å². The number of primary amides is 1. The van der Waals surface area contributed by atoms with Gasteiger partial charge in [0.15, 0.2) is 0 Å². The van der Waals surface area contributed by atoms with Crippen molar-refractivity contribution in [1.82, 2.24) is 15.2 Å². The van der Waals surface area contributed by atoms with Gasteiger partial charge >= 0.3 is 0 Å². The molecule has 0 radical (unpaired) electrons. The van der Waals surface area contributed by atoms with Gasteiger partial charge in [-0.3, -0.25) is 9.59 Å². The maximum absolute atomic E-state index is 12.7. The van der Waals surface area contributed by atoms with Crippen LogP contribution in [0.2, 0.25) is 0 Å². The molecule has 1 aromatic carbocycles. The van der Waals surface area contributed by atoms with Gasteiger partial charge < -0.3 is 20.9 Å². The standard InChI is InChI=1S/C14H16N4O2/c15-13(19)12-8-16-5-6-18(12)14(20)10-7-17-11-4-2-1-3-9(10)11/h1-4,7,12,16-17H,5-6,8H2,(H2,15,19). The lowest BCUT2D eigenvalue weighted by Crippen LogP contribution is -2.58. The number of H-pyrrole nitrogens is 1. The van der Waals surface area contributed by atoms with E-state index in [1.54, 1.807) is 11.1 Å². The molecular formula is C14H16N4O2. The smallest absolute Gasteiger partial charge is 0.256 e. The number of piperazine rings is 1. The van der Waals surface area contributed by atoms with E-state index in [0.717, 1.165) is 10.9 Å². The Morgan fingerprint density at radius 3 is 2.90 bits per heavy atom. The van der Waals surface area contributed by atoms with Gasteiger partial charge in [-0.2, -0.15) is 0 Å². The predicted molar refractivity (Wildman–Crippen MR) is 75.2 cm³/mol. The molecule has 6 heteroatoms. The maximum atomic E-state index is 12.7. The van der Waals surface area contributed by atoms with Crippen molar-refractivity contribution in [2.24, 2.45) is 5.73 Å². The Hall–Kier alpha value is -2.34. The number of aromatic amines is 1. The van der Waals surface area contributed by atoms with Crippen molar-refractivity contribution in [2.75, 3.05) is 19.6 Å². The van der Waals surface area contributed by atoms with Gasteiger partial charge in [0.2, 0.25) is 5.91 Å². The molecule has 1 aliphatic heterocycles. The molecule has 0 aliphatic carbocycles.